The minimum Gasteiger partial charge on any atom is -0.338 e. The summed E-state index contributed by atoms with van der Waals surface area (Å²) < 4.78 is 14.0. The number of amides is 1. The van der Waals surface area contributed by atoms with E-state index in [-0.39, 0.29) is 11.9 Å². The molecule has 1 aromatic carbocycles. The summed E-state index contributed by atoms with van der Waals surface area (Å²) in [6.45, 7) is 2.84. The molecule has 2 aliphatic heterocycles. The Labute approximate surface area is 119 Å². The second-order valence-corrected chi connectivity index (χ2v) is 5.86. The lowest BCUT2D eigenvalue weighted by atomic mass is 10.0. The number of nitrogens with zero attached hydrogens (tertiary/aromatic N) is 2. The number of piperidine rings is 1. The molecule has 20 heavy (non-hydrogen) atoms. The number of likely N-dealkylation sites (tertiary alicyclic amines) is 2. The highest BCUT2D eigenvalue weighted by molar-refractivity contribution is 5.78. The predicted molar refractivity (Wildman–Crippen MR) is 76.0 cm³/mol. The monoisotopic (exact) mass is 276 g/mol. The smallest absolute Gasteiger partial charge is 0.222 e. The maximum Gasteiger partial charge on any atom is 0.222 e. The Bertz CT molecular complexity index is 465. The molecular weight excluding hydrogens is 255 g/mol. The van der Waals surface area contributed by atoms with Crippen molar-refractivity contribution in [2.75, 3.05) is 19.6 Å². The van der Waals surface area contributed by atoms with E-state index in [4.69, 9.17) is 0 Å². The molecule has 2 fully saturated rings. The molecule has 0 aliphatic carbocycles. The molecule has 0 radical (unpaired) electrons. The van der Waals surface area contributed by atoms with Crippen molar-refractivity contribution in [3.63, 3.8) is 0 Å². The second kappa shape index (κ2) is 5.92. The average Bonchev–Trinajstić information content (AvgIpc) is 2.85. The molecule has 0 N–H and O–H groups in total. The summed E-state index contributed by atoms with van der Waals surface area (Å²) in [6.07, 6.45) is 1.22. The first-order valence-corrected chi connectivity index (χ1v) is 7.42. The van der Waals surface area contributed by atoms with Crippen LogP contribution in [0.2, 0.25) is 0 Å². The normalized spacial score (nSPS) is 28.1. The SMILES string of the molecule is O=C1CCCN1[C@@H]1C[C@H](F)CN(Cc2ccccc2)C1. The Balaban J connectivity index is 1.65. The minimum atomic E-state index is -0.828. The summed E-state index contributed by atoms with van der Waals surface area (Å²) >= 11 is 0. The van der Waals surface area contributed by atoms with E-state index in [0.29, 0.717) is 19.4 Å². The lowest BCUT2D eigenvalue weighted by molar-refractivity contribution is -0.131. The van der Waals surface area contributed by atoms with Crippen LogP contribution in [0.15, 0.2) is 30.3 Å². The van der Waals surface area contributed by atoms with Gasteiger partial charge in [0.1, 0.15) is 6.17 Å². The van der Waals surface area contributed by atoms with Crippen molar-refractivity contribution in [3.05, 3.63) is 35.9 Å². The van der Waals surface area contributed by atoms with Gasteiger partial charge in [-0.25, -0.2) is 4.39 Å². The third-order valence-corrected chi connectivity index (χ3v) is 4.25. The Morgan fingerprint density at radius 1 is 1.20 bits per heavy atom. The quantitative estimate of drug-likeness (QED) is 0.845. The topological polar surface area (TPSA) is 23.6 Å². The molecule has 0 unspecified atom stereocenters. The number of halogens is 1. The third kappa shape index (κ3) is 3.01. The van der Waals surface area contributed by atoms with E-state index in [9.17, 15) is 9.18 Å². The van der Waals surface area contributed by atoms with Gasteiger partial charge < -0.3 is 4.90 Å². The molecule has 108 valence electrons. The van der Waals surface area contributed by atoms with Gasteiger partial charge in [0.15, 0.2) is 0 Å². The molecule has 2 aliphatic rings. The Morgan fingerprint density at radius 2 is 2.00 bits per heavy atom. The summed E-state index contributed by atoms with van der Waals surface area (Å²) in [5.41, 5.74) is 1.20. The molecular formula is C16H21FN2O. The summed E-state index contributed by atoms with van der Waals surface area (Å²) in [5.74, 6) is 0.198. The van der Waals surface area contributed by atoms with Gasteiger partial charge in [-0.3, -0.25) is 9.69 Å². The van der Waals surface area contributed by atoms with E-state index in [1.54, 1.807) is 0 Å². The van der Waals surface area contributed by atoms with Crippen molar-refractivity contribution in [2.24, 2.45) is 0 Å². The molecule has 0 saturated carbocycles. The summed E-state index contributed by atoms with van der Waals surface area (Å²) in [4.78, 5) is 15.9. The minimum absolute atomic E-state index is 0.0532. The van der Waals surface area contributed by atoms with Crippen LogP contribution < -0.4 is 0 Å². The van der Waals surface area contributed by atoms with Crippen LogP contribution in [-0.2, 0) is 11.3 Å². The lowest BCUT2D eigenvalue weighted by Crippen LogP contribution is -2.51. The van der Waals surface area contributed by atoms with E-state index in [0.717, 1.165) is 26.1 Å². The van der Waals surface area contributed by atoms with E-state index in [1.165, 1.54) is 5.56 Å². The molecule has 2 heterocycles. The predicted octanol–water partition coefficient (Wildman–Crippen LogP) is 2.22. The molecule has 2 atom stereocenters. The average molecular weight is 276 g/mol. The summed E-state index contributed by atoms with van der Waals surface area (Å²) in [6, 6.07) is 10.2. The van der Waals surface area contributed by atoms with Crippen LogP contribution >= 0.6 is 0 Å². The third-order valence-electron chi connectivity index (χ3n) is 4.25. The molecule has 4 heteroatoms. The Morgan fingerprint density at radius 3 is 2.70 bits per heavy atom. The largest absolute Gasteiger partial charge is 0.338 e. The van der Waals surface area contributed by atoms with Crippen molar-refractivity contribution >= 4 is 5.91 Å². The zero-order valence-electron chi connectivity index (χ0n) is 11.7. The van der Waals surface area contributed by atoms with Crippen molar-refractivity contribution in [3.8, 4) is 0 Å². The van der Waals surface area contributed by atoms with Crippen molar-refractivity contribution < 1.29 is 9.18 Å². The number of carbonyl (C=O) groups excluding carboxylic acids is 1. The van der Waals surface area contributed by atoms with Gasteiger partial charge in [0.2, 0.25) is 5.91 Å². The molecule has 0 spiro atoms. The number of hydrogen-bond acceptors (Lipinski definition) is 2. The van der Waals surface area contributed by atoms with Gasteiger partial charge >= 0.3 is 0 Å². The number of hydrogen-bond donors (Lipinski definition) is 0. The first kappa shape index (κ1) is 13.6. The van der Waals surface area contributed by atoms with Crippen molar-refractivity contribution in [1.29, 1.82) is 0 Å². The molecule has 0 bridgehead atoms. The number of carbonyl (C=O) groups is 1. The Hall–Kier alpha value is -1.42. The fourth-order valence-electron chi connectivity index (χ4n) is 3.35. The van der Waals surface area contributed by atoms with E-state index in [2.05, 4.69) is 17.0 Å². The molecule has 1 amide bonds. The highest BCUT2D eigenvalue weighted by Crippen LogP contribution is 2.24. The first-order valence-electron chi connectivity index (χ1n) is 7.42. The van der Waals surface area contributed by atoms with Crippen LogP contribution in [0.3, 0.4) is 0 Å². The molecule has 1 aromatic rings. The van der Waals surface area contributed by atoms with Crippen LogP contribution in [0.1, 0.15) is 24.8 Å². The van der Waals surface area contributed by atoms with Gasteiger partial charge in [0, 0.05) is 45.1 Å². The maximum absolute atomic E-state index is 14.0. The Kier molecular flexibility index (Phi) is 4.01. The molecule has 3 nitrogen and oxygen atoms in total. The second-order valence-electron chi connectivity index (χ2n) is 5.86. The fraction of sp³-hybridized carbons (Fsp3) is 0.562. The van der Waals surface area contributed by atoms with Gasteiger partial charge in [-0.05, 0) is 12.0 Å². The van der Waals surface area contributed by atoms with Gasteiger partial charge in [0.25, 0.3) is 0 Å². The van der Waals surface area contributed by atoms with Gasteiger partial charge in [-0.1, -0.05) is 30.3 Å². The zero-order valence-corrected chi connectivity index (χ0v) is 11.7. The summed E-state index contributed by atoms with van der Waals surface area (Å²) in [7, 11) is 0. The number of alkyl halides is 1. The van der Waals surface area contributed by atoms with Crippen molar-refractivity contribution in [2.45, 2.75) is 38.0 Å². The molecule has 2 saturated heterocycles. The zero-order chi connectivity index (χ0) is 13.9. The number of benzene rings is 1. The van der Waals surface area contributed by atoms with Crippen LogP contribution in [0.25, 0.3) is 0 Å². The fourth-order valence-corrected chi connectivity index (χ4v) is 3.35. The van der Waals surface area contributed by atoms with E-state index in [1.807, 2.05) is 23.1 Å². The van der Waals surface area contributed by atoms with Crippen molar-refractivity contribution in [1.82, 2.24) is 9.80 Å². The molecule has 3 rings (SSSR count). The van der Waals surface area contributed by atoms with Gasteiger partial charge in [0.05, 0.1) is 0 Å². The van der Waals surface area contributed by atoms with Gasteiger partial charge in [-0.2, -0.15) is 0 Å². The maximum atomic E-state index is 14.0. The highest BCUT2D eigenvalue weighted by Gasteiger charge is 2.34. The van der Waals surface area contributed by atoms with Gasteiger partial charge in [-0.15, -0.1) is 0 Å². The number of rotatable bonds is 3. The highest BCUT2D eigenvalue weighted by atomic mass is 19.1. The molecule has 0 aromatic heterocycles. The van der Waals surface area contributed by atoms with Crippen LogP contribution in [-0.4, -0.2) is 47.6 Å². The standard InChI is InChI=1S/C16H21FN2O/c17-14-9-15(19-8-4-7-16(19)20)12-18(11-14)10-13-5-2-1-3-6-13/h1-3,5-6,14-15H,4,7-12H2/t14-,15+/m0/s1. The van der Waals surface area contributed by atoms with E-state index >= 15 is 0 Å². The summed E-state index contributed by atoms with van der Waals surface area (Å²) in [5, 5.41) is 0. The van der Waals surface area contributed by atoms with Crippen LogP contribution in [0.4, 0.5) is 4.39 Å². The lowest BCUT2D eigenvalue weighted by Gasteiger charge is -2.39. The van der Waals surface area contributed by atoms with Crippen LogP contribution in [0, 0.1) is 0 Å². The van der Waals surface area contributed by atoms with E-state index < -0.39 is 6.17 Å². The first-order chi connectivity index (χ1) is 9.72. The van der Waals surface area contributed by atoms with Crippen LogP contribution in [0.5, 0.6) is 0 Å².